The molecule has 0 bridgehead atoms. The number of guanidine groups is 1. The second-order valence-electron chi connectivity index (χ2n) is 7.40. The number of pyridine rings is 1. The molecule has 3 heterocycles. The lowest BCUT2D eigenvalue weighted by atomic mass is 9.95. The second kappa shape index (κ2) is 11.1. The maximum Gasteiger partial charge on any atom is 0.409 e. The van der Waals surface area contributed by atoms with Gasteiger partial charge in [-0.1, -0.05) is 6.07 Å². The maximum absolute atomic E-state index is 12.7. The standard InChI is InChI=1S/C20H28N6O5/c27-17(28)12-16(15-2-1-5-21-13-15)25-18(29)14-3-9-26(10-4-14)20(30)31-11-8-24-19-22-6-7-23-19/h1-2,5,13-14,16H,3-4,6-12H2,(H,25,29)(H,27,28)(H2,22,23,24). The fraction of sp³-hybridized carbons (Fsp3) is 0.550. The maximum atomic E-state index is 12.7. The van der Waals surface area contributed by atoms with Gasteiger partial charge in [-0.2, -0.15) is 0 Å². The average Bonchev–Trinajstić information content (AvgIpc) is 3.30. The molecule has 0 aliphatic carbocycles. The molecule has 0 saturated carbocycles. The summed E-state index contributed by atoms with van der Waals surface area (Å²) in [6.45, 7) is 3.07. The normalized spacial score (nSPS) is 17.3. The highest BCUT2D eigenvalue weighted by atomic mass is 16.6. The number of nitrogens with one attached hydrogen (secondary N) is 3. The van der Waals surface area contributed by atoms with Gasteiger partial charge in [-0.25, -0.2) is 4.79 Å². The Morgan fingerprint density at radius 2 is 2.13 bits per heavy atom. The Bertz CT molecular complexity index is 795. The van der Waals surface area contributed by atoms with Crippen LogP contribution in [0.25, 0.3) is 0 Å². The molecule has 168 valence electrons. The number of aliphatic carboxylic acids is 1. The van der Waals surface area contributed by atoms with E-state index in [1.807, 2.05) is 0 Å². The Balaban J connectivity index is 1.40. The molecule has 0 aromatic carbocycles. The van der Waals surface area contributed by atoms with Crippen molar-refractivity contribution in [3.05, 3.63) is 30.1 Å². The number of piperidine rings is 1. The number of ether oxygens (including phenoxy) is 1. The van der Waals surface area contributed by atoms with Crippen LogP contribution in [0.15, 0.2) is 29.5 Å². The lowest BCUT2D eigenvalue weighted by molar-refractivity contribution is -0.138. The topological polar surface area (TPSA) is 145 Å². The van der Waals surface area contributed by atoms with Crippen molar-refractivity contribution in [3.8, 4) is 0 Å². The monoisotopic (exact) mass is 432 g/mol. The summed E-state index contributed by atoms with van der Waals surface area (Å²) >= 11 is 0. The third-order valence-electron chi connectivity index (χ3n) is 5.20. The first-order chi connectivity index (χ1) is 15.0. The molecule has 11 heteroatoms. The number of aromatic nitrogens is 1. The molecular formula is C20H28N6O5. The minimum atomic E-state index is -1.00. The van der Waals surface area contributed by atoms with E-state index < -0.39 is 18.1 Å². The molecule has 4 N–H and O–H groups in total. The summed E-state index contributed by atoms with van der Waals surface area (Å²) in [5.74, 6) is -0.783. The van der Waals surface area contributed by atoms with Crippen molar-refractivity contribution in [2.24, 2.45) is 10.9 Å². The van der Waals surface area contributed by atoms with E-state index in [-0.39, 0.29) is 24.9 Å². The van der Waals surface area contributed by atoms with Gasteiger partial charge in [-0.05, 0) is 24.5 Å². The van der Waals surface area contributed by atoms with Crippen molar-refractivity contribution >= 4 is 23.9 Å². The van der Waals surface area contributed by atoms with Gasteiger partial charge < -0.3 is 30.7 Å². The number of carboxylic acids is 1. The third-order valence-corrected chi connectivity index (χ3v) is 5.20. The smallest absolute Gasteiger partial charge is 0.409 e. The Hall–Kier alpha value is -3.37. The summed E-state index contributed by atoms with van der Waals surface area (Å²) in [4.78, 5) is 45.9. The summed E-state index contributed by atoms with van der Waals surface area (Å²) < 4.78 is 5.27. The highest BCUT2D eigenvalue weighted by Gasteiger charge is 2.30. The number of carbonyl (C=O) groups excluding carboxylic acids is 2. The molecule has 2 aliphatic rings. The molecule has 11 nitrogen and oxygen atoms in total. The summed E-state index contributed by atoms with van der Waals surface area (Å²) in [5.41, 5.74) is 0.645. The summed E-state index contributed by atoms with van der Waals surface area (Å²) in [7, 11) is 0. The van der Waals surface area contributed by atoms with E-state index >= 15 is 0 Å². The van der Waals surface area contributed by atoms with Crippen molar-refractivity contribution in [1.29, 1.82) is 0 Å². The lowest BCUT2D eigenvalue weighted by Crippen LogP contribution is -2.44. The van der Waals surface area contributed by atoms with Crippen molar-refractivity contribution < 1.29 is 24.2 Å². The van der Waals surface area contributed by atoms with E-state index in [0.717, 1.165) is 19.0 Å². The number of hydrogen-bond acceptors (Lipinski definition) is 8. The van der Waals surface area contributed by atoms with Crippen LogP contribution in [-0.2, 0) is 14.3 Å². The predicted molar refractivity (Wildman–Crippen MR) is 111 cm³/mol. The molecule has 1 fully saturated rings. The largest absolute Gasteiger partial charge is 0.481 e. The molecule has 1 aromatic heterocycles. The van der Waals surface area contributed by atoms with Crippen molar-refractivity contribution in [3.63, 3.8) is 0 Å². The minimum absolute atomic E-state index is 0.211. The molecule has 0 radical (unpaired) electrons. The first-order valence-corrected chi connectivity index (χ1v) is 10.4. The number of carboxylic acid groups (broad SMARTS) is 1. The van der Waals surface area contributed by atoms with Crippen LogP contribution < -0.4 is 16.0 Å². The van der Waals surface area contributed by atoms with Gasteiger partial charge in [0.1, 0.15) is 6.61 Å². The van der Waals surface area contributed by atoms with Crippen molar-refractivity contribution in [2.45, 2.75) is 25.3 Å². The number of amides is 2. The molecule has 1 unspecified atom stereocenters. The van der Waals surface area contributed by atoms with Gasteiger partial charge >= 0.3 is 12.1 Å². The number of likely N-dealkylation sites (tertiary alicyclic amines) is 1. The van der Waals surface area contributed by atoms with Crippen molar-refractivity contribution in [2.75, 3.05) is 39.3 Å². The number of carbonyl (C=O) groups is 3. The van der Waals surface area contributed by atoms with Gasteiger partial charge in [0.15, 0.2) is 5.96 Å². The quantitative estimate of drug-likeness (QED) is 0.424. The number of hydrogen-bond donors (Lipinski definition) is 4. The van der Waals surface area contributed by atoms with Crippen LogP contribution in [0.2, 0.25) is 0 Å². The van der Waals surface area contributed by atoms with Gasteiger partial charge in [0.25, 0.3) is 0 Å². The van der Waals surface area contributed by atoms with Gasteiger partial charge in [0, 0.05) is 37.9 Å². The van der Waals surface area contributed by atoms with E-state index in [0.29, 0.717) is 38.0 Å². The molecule has 2 aliphatic heterocycles. The Kier molecular flexibility index (Phi) is 8.02. The van der Waals surface area contributed by atoms with E-state index in [2.05, 4.69) is 25.9 Å². The molecule has 1 aromatic rings. The Morgan fingerprint density at radius 3 is 2.77 bits per heavy atom. The zero-order chi connectivity index (χ0) is 22.1. The molecule has 3 rings (SSSR count). The van der Waals surface area contributed by atoms with E-state index in [1.165, 1.54) is 0 Å². The van der Waals surface area contributed by atoms with Gasteiger partial charge in [-0.3, -0.25) is 19.6 Å². The third kappa shape index (κ3) is 6.83. The van der Waals surface area contributed by atoms with Crippen LogP contribution in [0.1, 0.15) is 30.9 Å². The first-order valence-electron chi connectivity index (χ1n) is 10.4. The number of rotatable bonds is 8. The van der Waals surface area contributed by atoms with Crippen LogP contribution in [-0.4, -0.2) is 78.3 Å². The highest BCUT2D eigenvalue weighted by Crippen LogP contribution is 2.21. The fourth-order valence-electron chi connectivity index (χ4n) is 3.54. The summed E-state index contributed by atoms with van der Waals surface area (Å²) in [6.07, 6.45) is 3.50. The first kappa shape index (κ1) is 22.3. The zero-order valence-corrected chi connectivity index (χ0v) is 17.2. The lowest BCUT2D eigenvalue weighted by Gasteiger charge is -2.31. The second-order valence-corrected chi connectivity index (χ2v) is 7.40. The summed E-state index contributed by atoms with van der Waals surface area (Å²) in [6, 6.07) is 2.80. The number of aliphatic imine (C=N–C) groups is 1. The molecular weight excluding hydrogens is 404 g/mol. The van der Waals surface area contributed by atoms with Crippen LogP contribution in [0.4, 0.5) is 4.79 Å². The summed E-state index contributed by atoms with van der Waals surface area (Å²) in [5, 5.41) is 18.1. The highest BCUT2D eigenvalue weighted by molar-refractivity contribution is 5.81. The van der Waals surface area contributed by atoms with E-state index in [1.54, 1.807) is 29.4 Å². The molecule has 31 heavy (non-hydrogen) atoms. The molecule has 2 amide bonds. The van der Waals surface area contributed by atoms with Crippen LogP contribution >= 0.6 is 0 Å². The molecule has 1 saturated heterocycles. The van der Waals surface area contributed by atoms with E-state index in [9.17, 15) is 19.5 Å². The Labute approximate surface area is 180 Å². The van der Waals surface area contributed by atoms with Gasteiger partial charge in [0.2, 0.25) is 5.91 Å². The van der Waals surface area contributed by atoms with Gasteiger partial charge in [-0.15, -0.1) is 0 Å². The minimum Gasteiger partial charge on any atom is -0.481 e. The zero-order valence-electron chi connectivity index (χ0n) is 17.2. The SMILES string of the molecule is O=C(O)CC(NC(=O)C1CCN(C(=O)OCCNC2=NCCN2)CC1)c1cccnc1. The van der Waals surface area contributed by atoms with E-state index in [4.69, 9.17) is 4.74 Å². The number of nitrogens with zero attached hydrogens (tertiary/aromatic N) is 3. The van der Waals surface area contributed by atoms with Crippen LogP contribution in [0, 0.1) is 5.92 Å². The Morgan fingerprint density at radius 1 is 1.32 bits per heavy atom. The fourth-order valence-corrected chi connectivity index (χ4v) is 3.54. The predicted octanol–water partition coefficient (Wildman–Crippen LogP) is 0.111. The van der Waals surface area contributed by atoms with Gasteiger partial charge in [0.05, 0.1) is 25.6 Å². The molecule has 0 spiro atoms. The average molecular weight is 432 g/mol. The van der Waals surface area contributed by atoms with Crippen molar-refractivity contribution in [1.82, 2.24) is 25.8 Å². The molecule has 1 atom stereocenters. The van der Waals surface area contributed by atoms with Crippen LogP contribution in [0.3, 0.4) is 0 Å². The van der Waals surface area contributed by atoms with Crippen LogP contribution in [0.5, 0.6) is 0 Å².